The summed E-state index contributed by atoms with van der Waals surface area (Å²) >= 11 is 1.57. The Balaban J connectivity index is 2.95. The van der Waals surface area contributed by atoms with Gasteiger partial charge < -0.3 is 0 Å². The van der Waals surface area contributed by atoms with E-state index in [0.717, 1.165) is 10.2 Å². The maximum atomic E-state index is 7.42. The van der Waals surface area contributed by atoms with E-state index in [1.54, 1.807) is 22.9 Å². The summed E-state index contributed by atoms with van der Waals surface area (Å²) in [5.41, 5.74) is 2.58. The Labute approximate surface area is 58.4 Å². The van der Waals surface area contributed by atoms with Crippen LogP contribution in [-0.2, 0) is 0 Å². The Morgan fingerprint density at radius 2 is 2.56 bits per heavy atom. The molecule has 2 aromatic rings. The van der Waals surface area contributed by atoms with Crippen molar-refractivity contribution >= 4 is 21.6 Å². The molecule has 0 N–H and O–H groups in total. The van der Waals surface area contributed by atoms with Crippen LogP contribution in [0.15, 0.2) is 29.8 Å². The van der Waals surface area contributed by atoms with Crippen molar-refractivity contribution in [2.24, 2.45) is 0 Å². The molecular formula is C7H5NS. The van der Waals surface area contributed by atoms with Crippen LogP contribution < -0.4 is 0 Å². The van der Waals surface area contributed by atoms with E-state index in [9.17, 15) is 0 Å². The van der Waals surface area contributed by atoms with E-state index in [2.05, 4.69) is 4.98 Å². The topological polar surface area (TPSA) is 12.9 Å². The Morgan fingerprint density at radius 3 is 3.44 bits per heavy atom. The lowest BCUT2D eigenvalue weighted by Crippen LogP contribution is -1.61. The second kappa shape index (κ2) is 1.81. The lowest BCUT2D eigenvalue weighted by molar-refractivity contribution is 1.50. The molecule has 0 fully saturated rings. The van der Waals surface area contributed by atoms with Crippen LogP contribution in [0.2, 0.25) is 0 Å². The lowest BCUT2D eigenvalue weighted by atomic mass is 10.3. The van der Waals surface area contributed by atoms with Gasteiger partial charge in [-0.25, -0.2) is 4.98 Å². The average Bonchev–Trinajstić information content (AvgIpc) is 2.36. The predicted octanol–water partition coefficient (Wildman–Crippen LogP) is 2.30. The molecule has 1 aromatic carbocycles. The summed E-state index contributed by atoms with van der Waals surface area (Å²) < 4.78 is 8.51. The molecule has 0 aliphatic rings. The van der Waals surface area contributed by atoms with Crippen molar-refractivity contribution in [1.82, 2.24) is 4.98 Å². The zero-order chi connectivity index (χ0) is 6.97. The first-order valence-electron chi connectivity index (χ1n) is 3.17. The van der Waals surface area contributed by atoms with Crippen molar-refractivity contribution in [2.75, 3.05) is 0 Å². The van der Waals surface area contributed by atoms with Crippen LogP contribution in [-0.4, -0.2) is 4.98 Å². The van der Waals surface area contributed by atoms with Gasteiger partial charge in [0.15, 0.2) is 0 Å². The number of aromatic nitrogens is 1. The van der Waals surface area contributed by atoms with E-state index < -0.39 is 0 Å². The molecule has 2 heteroatoms. The van der Waals surface area contributed by atoms with Crippen molar-refractivity contribution in [1.29, 1.82) is 0 Å². The van der Waals surface area contributed by atoms with Crippen LogP contribution in [0.1, 0.15) is 1.37 Å². The van der Waals surface area contributed by atoms with E-state index in [4.69, 9.17) is 1.37 Å². The highest BCUT2D eigenvalue weighted by Gasteiger charge is 1.89. The summed E-state index contributed by atoms with van der Waals surface area (Å²) in [5, 5.41) is 0. The first-order chi connectivity index (χ1) is 4.88. The maximum Gasteiger partial charge on any atom is 0.0812 e. The minimum absolute atomic E-state index is 0.513. The highest BCUT2D eigenvalue weighted by Crippen LogP contribution is 2.15. The second-order valence-corrected chi connectivity index (χ2v) is 2.62. The molecule has 0 amide bonds. The molecule has 1 nitrogen and oxygen atoms in total. The molecular weight excluding hydrogens is 130 g/mol. The Hall–Kier alpha value is -0.890. The van der Waals surface area contributed by atoms with Gasteiger partial charge in [-0.1, -0.05) is 12.1 Å². The van der Waals surface area contributed by atoms with E-state index in [0.29, 0.717) is 6.04 Å². The van der Waals surface area contributed by atoms with Crippen molar-refractivity contribution < 1.29 is 1.37 Å². The summed E-state index contributed by atoms with van der Waals surface area (Å²) in [6.45, 7) is 0. The quantitative estimate of drug-likeness (QED) is 0.541. The van der Waals surface area contributed by atoms with E-state index in [-0.39, 0.29) is 0 Å². The highest BCUT2D eigenvalue weighted by atomic mass is 32.1. The van der Waals surface area contributed by atoms with E-state index in [1.165, 1.54) is 0 Å². The largest absolute Gasteiger partial charge is 0.245 e. The summed E-state index contributed by atoms with van der Waals surface area (Å²) in [6.07, 6.45) is 0. The zero-order valence-electron chi connectivity index (χ0n) is 5.66. The molecule has 0 aliphatic heterocycles. The molecule has 0 spiro atoms. The molecule has 0 atom stereocenters. The Bertz CT molecular complexity index is 355. The third kappa shape index (κ3) is 0.715. The molecule has 1 heterocycles. The summed E-state index contributed by atoms with van der Waals surface area (Å²) in [4.78, 5) is 4.05. The number of hydrogen-bond donors (Lipinski definition) is 0. The van der Waals surface area contributed by atoms with Crippen LogP contribution in [0.4, 0.5) is 0 Å². The van der Waals surface area contributed by atoms with Gasteiger partial charge in [0.2, 0.25) is 0 Å². The van der Waals surface area contributed by atoms with Gasteiger partial charge in [0.25, 0.3) is 0 Å². The monoisotopic (exact) mass is 136 g/mol. The normalized spacial score (nSPS) is 11.8. The third-order valence-electron chi connectivity index (χ3n) is 1.16. The smallest absolute Gasteiger partial charge is 0.0812 e. The summed E-state index contributed by atoms with van der Waals surface area (Å²) in [7, 11) is 0. The Morgan fingerprint density at radius 1 is 1.56 bits per heavy atom. The number of nitrogens with zero attached hydrogens (tertiary/aromatic N) is 1. The van der Waals surface area contributed by atoms with E-state index in [1.807, 2.05) is 12.1 Å². The molecule has 0 saturated carbocycles. The number of para-hydroxylation sites is 1. The third-order valence-corrected chi connectivity index (χ3v) is 1.95. The minimum atomic E-state index is 0.513. The van der Waals surface area contributed by atoms with Crippen molar-refractivity contribution in [3.8, 4) is 0 Å². The van der Waals surface area contributed by atoms with Gasteiger partial charge in [-0.3, -0.25) is 0 Å². The molecule has 9 heavy (non-hydrogen) atoms. The summed E-state index contributed by atoms with van der Waals surface area (Å²) in [6, 6.07) is 6.12. The van der Waals surface area contributed by atoms with Crippen molar-refractivity contribution in [2.45, 2.75) is 0 Å². The van der Waals surface area contributed by atoms with Gasteiger partial charge in [-0.05, 0) is 12.1 Å². The fraction of sp³-hybridized carbons (Fsp3) is 0. The van der Waals surface area contributed by atoms with Gasteiger partial charge in [0.1, 0.15) is 0 Å². The predicted molar refractivity (Wildman–Crippen MR) is 39.6 cm³/mol. The minimum Gasteiger partial charge on any atom is -0.245 e. The van der Waals surface area contributed by atoms with Gasteiger partial charge in [-0.2, -0.15) is 0 Å². The first-order valence-corrected chi connectivity index (χ1v) is 3.55. The maximum absolute atomic E-state index is 7.42. The first kappa shape index (κ1) is 4.01. The molecule has 2 rings (SSSR count). The molecule has 0 saturated heterocycles. The second-order valence-electron chi connectivity index (χ2n) is 1.74. The van der Waals surface area contributed by atoms with E-state index >= 15 is 0 Å². The van der Waals surface area contributed by atoms with Crippen LogP contribution in [0.3, 0.4) is 0 Å². The van der Waals surface area contributed by atoms with Crippen molar-refractivity contribution in [3.63, 3.8) is 0 Å². The number of hydrogen-bond acceptors (Lipinski definition) is 2. The van der Waals surface area contributed by atoms with Crippen LogP contribution >= 0.6 is 11.3 Å². The number of thiazole rings is 1. The average molecular weight is 136 g/mol. The SMILES string of the molecule is [2H]c1cccc2scnc12. The molecule has 0 bridgehead atoms. The number of fused-ring (bicyclic) bond motifs is 1. The van der Waals surface area contributed by atoms with Gasteiger partial charge in [-0.15, -0.1) is 11.3 Å². The fourth-order valence-corrected chi connectivity index (χ4v) is 1.40. The molecule has 0 radical (unpaired) electrons. The van der Waals surface area contributed by atoms with Gasteiger partial charge in [0, 0.05) is 0 Å². The van der Waals surface area contributed by atoms with Crippen molar-refractivity contribution in [3.05, 3.63) is 29.8 Å². The van der Waals surface area contributed by atoms with Gasteiger partial charge in [0.05, 0.1) is 17.1 Å². The fourth-order valence-electron chi connectivity index (χ4n) is 0.744. The van der Waals surface area contributed by atoms with Crippen LogP contribution in [0.25, 0.3) is 10.2 Å². The van der Waals surface area contributed by atoms with Crippen LogP contribution in [0.5, 0.6) is 0 Å². The standard InChI is InChI=1S/C7H5NS/c1-2-4-7-6(3-1)8-5-9-7/h1-5H/i3D. The van der Waals surface area contributed by atoms with Gasteiger partial charge >= 0.3 is 0 Å². The highest BCUT2D eigenvalue weighted by molar-refractivity contribution is 7.16. The zero-order valence-corrected chi connectivity index (χ0v) is 5.48. The lowest BCUT2D eigenvalue weighted by Gasteiger charge is -1.80. The molecule has 0 aliphatic carbocycles. The Kier molecular flexibility index (Phi) is 0.807. The summed E-state index contributed by atoms with van der Waals surface area (Å²) in [5.74, 6) is 0. The number of benzene rings is 1. The number of rotatable bonds is 0. The molecule has 44 valence electrons. The van der Waals surface area contributed by atoms with Crippen LogP contribution in [0, 0.1) is 0 Å². The molecule has 1 aromatic heterocycles. The molecule has 0 unspecified atom stereocenters.